The number of nitrogens with zero attached hydrogens (tertiary/aromatic N) is 2. The molecule has 0 fully saturated rings. The number of aliphatic hydroxyl groups is 1. The van der Waals surface area contributed by atoms with Crippen molar-refractivity contribution in [3.8, 4) is 22.4 Å². The van der Waals surface area contributed by atoms with Crippen molar-refractivity contribution in [3.05, 3.63) is 70.1 Å². The van der Waals surface area contributed by atoms with E-state index in [0.717, 1.165) is 33.6 Å². The summed E-state index contributed by atoms with van der Waals surface area (Å²) in [6.45, 7) is 5.79. The second-order valence-corrected chi connectivity index (χ2v) is 6.36. The van der Waals surface area contributed by atoms with Crippen LogP contribution in [0.1, 0.15) is 22.6 Å². The first-order valence-electron chi connectivity index (χ1n) is 7.81. The minimum atomic E-state index is -0.203. The Morgan fingerprint density at radius 1 is 0.917 bits per heavy atom. The number of halogens is 1. The van der Waals surface area contributed by atoms with E-state index in [9.17, 15) is 5.11 Å². The van der Waals surface area contributed by atoms with Crippen molar-refractivity contribution in [2.45, 2.75) is 27.4 Å². The van der Waals surface area contributed by atoms with Crippen molar-refractivity contribution >= 4 is 11.6 Å². The molecular formula is C20H19ClN2O. The first-order valence-corrected chi connectivity index (χ1v) is 8.19. The fraction of sp³-hybridized carbons (Fsp3) is 0.200. The molecule has 3 aromatic rings. The van der Waals surface area contributed by atoms with E-state index in [0.29, 0.717) is 10.8 Å². The maximum atomic E-state index is 9.49. The Bertz CT molecular complexity index is 889. The molecule has 24 heavy (non-hydrogen) atoms. The zero-order valence-corrected chi connectivity index (χ0v) is 14.7. The maximum Gasteiger partial charge on any atom is 0.154 e. The Kier molecular flexibility index (Phi) is 4.65. The van der Waals surface area contributed by atoms with E-state index in [1.165, 1.54) is 5.56 Å². The minimum absolute atomic E-state index is 0.203. The van der Waals surface area contributed by atoms with Crippen LogP contribution >= 0.6 is 11.6 Å². The largest absolute Gasteiger partial charge is 0.388 e. The van der Waals surface area contributed by atoms with E-state index in [4.69, 9.17) is 11.6 Å². The zero-order chi connectivity index (χ0) is 17.3. The molecule has 122 valence electrons. The van der Waals surface area contributed by atoms with Crippen LogP contribution in [0.3, 0.4) is 0 Å². The molecule has 0 unspecified atom stereocenters. The average molecular weight is 339 g/mol. The van der Waals surface area contributed by atoms with E-state index in [1.54, 1.807) is 0 Å². The van der Waals surface area contributed by atoms with Crippen LogP contribution in [0, 0.1) is 20.8 Å². The van der Waals surface area contributed by atoms with Gasteiger partial charge in [0.2, 0.25) is 0 Å². The molecule has 1 heterocycles. The molecule has 0 aliphatic heterocycles. The van der Waals surface area contributed by atoms with Gasteiger partial charge in [-0.1, -0.05) is 53.6 Å². The highest BCUT2D eigenvalue weighted by Gasteiger charge is 2.17. The summed E-state index contributed by atoms with van der Waals surface area (Å²) in [5, 5.41) is 10.1. The van der Waals surface area contributed by atoms with Crippen molar-refractivity contribution in [3.63, 3.8) is 0 Å². The fourth-order valence-corrected chi connectivity index (χ4v) is 3.10. The number of hydrogen-bond acceptors (Lipinski definition) is 3. The molecule has 3 nitrogen and oxygen atoms in total. The highest BCUT2D eigenvalue weighted by molar-refractivity contribution is 6.33. The minimum Gasteiger partial charge on any atom is -0.388 e. The summed E-state index contributed by atoms with van der Waals surface area (Å²) < 4.78 is 0. The van der Waals surface area contributed by atoms with Crippen molar-refractivity contribution in [2.24, 2.45) is 0 Å². The van der Waals surface area contributed by atoms with Gasteiger partial charge in [-0.15, -0.1) is 0 Å². The predicted octanol–water partition coefficient (Wildman–Crippen LogP) is 4.88. The molecule has 0 saturated heterocycles. The fourth-order valence-electron chi connectivity index (χ4n) is 2.77. The molecule has 2 aromatic carbocycles. The van der Waals surface area contributed by atoms with Gasteiger partial charge in [0.25, 0.3) is 0 Å². The molecule has 0 bridgehead atoms. The predicted molar refractivity (Wildman–Crippen MR) is 98.0 cm³/mol. The number of rotatable bonds is 3. The first kappa shape index (κ1) is 16.6. The molecule has 0 atom stereocenters. The molecule has 3 rings (SSSR count). The molecular weight excluding hydrogens is 320 g/mol. The highest BCUT2D eigenvalue weighted by atomic mass is 35.5. The van der Waals surface area contributed by atoms with Crippen LogP contribution in [0.25, 0.3) is 22.4 Å². The summed E-state index contributed by atoms with van der Waals surface area (Å²) in [6.07, 6.45) is 0. The van der Waals surface area contributed by atoms with Crippen LogP contribution < -0.4 is 0 Å². The Morgan fingerprint density at radius 3 is 2.21 bits per heavy atom. The van der Waals surface area contributed by atoms with Gasteiger partial charge >= 0.3 is 0 Å². The van der Waals surface area contributed by atoms with E-state index in [-0.39, 0.29) is 6.61 Å². The standard InChI is InChI=1S/C20H19ClN2O/c1-12-4-7-15(8-5-12)19-14(3)22-18(11-24)23-20(19)16-9-6-13(2)10-17(16)21/h4-10,24H,11H2,1-3H3. The lowest BCUT2D eigenvalue weighted by molar-refractivity contribution is 0.271. The number of aliphatic hydroxyl groups excluding tert-OH is 1. The Hall–Kier alpha value is -2.23. The first-order chi connectivity index (χ1) is 11.5. The monoisotopic (exact) mass is 338 g/mol. The summed E-state index contributed by atoms with van der Waals surface area (Å²) in [5.74, 6) is 0.398. The Morgan fingerprint density at radius 2 is 1.58 bits per heavy atom. The lowest BCUT2D eigenvalue weighted by atomic mass is 9.96. The highest BCUT2D eigenvalue weighted by Crippen LogP contribution is 2.36. The van der Waals surface area contributed by atoms with Crippen molar-refractivity contribution in [2.75, 3.05) is 0 Å². The molecule has 0 aliphatic carbocycles. The van der Waals surface area contributed by atoms with Gasteiger partial charge in [0, 0.05) is 16.8 Å². The maximum absolute atomic E-state index is 9.49. The summed E-state index contributed by atoms with van der Waals surface area (Å²) in [5.41, 5.74) is 6.68. The van der Waals surface area contributed by atoms with E-state index in [1.807, 2.05) is 32.0 Å². The summed E-state index contributed by atoms with van der Waals surface area (Å²) in [6, 6.07) is 14.2. The summed E-state index contributed by atoms with van der Waals surface area (Å²) >= 11 is 6.47. The quantitative estimate of drug-likeness (QED) is 0.740. The topological polar surface area (TPSA) is 46.0 Å². The molecule has 4 heteroatoms. The number of aryl methyl sites for hydroxylation is 3. The summed E-state index contributed by atoms with van der Waals surface area (Å²) in [7, 11) is 0. The summed E-state index contributed by atoms with van der Waals surface area (Å²) in [4.78, 5) is 8.99. The van der Waals surface area contributed by atoms with E-state index >= 15 is 0 Å². The van der Waals surface area contributed by atoms with Crippen LogP contribution in [-0.4, -0.2) is 15.1 Å². The van der Waals surface area contributed by atoms with Gasteiger partial charge in [0.15, 0.2) is 5.82 Å². The molecule has 0 saturated carbocycles. The third-order valence-electron chi connectivity index (χ3n) is 4.00. The van der Waals surface area contributed by atoms with Gasteiger partial charge in [-0.25, -0.2) is 9.97 Å². The van der Waals surface area contributed by atoms with Crippen LogP contribution in [0.4, 0.5) is 0 Å². The third-order valence-corrected chi connectivity index (χ3v) is 4.31. The number of aromatic nitrogens is 2. The third kappa shape index (κ3) is 3.18. The zero-order valence-electron chi connectivity index (χ0n) is 14.0. The van der Waals surface area contributed by atoms with Gasteiger partial charge < -0.3 is 5.11 Å². The van der Waals surface area contributed by atoms with Crippen molar-refractivity contribution in [1.29, 1.82) is 0 Å². The van der Waals surface area contributed by atoms with Gasteiger partial charge in [0.1, 0.15) is 6.61 Å². The molecule has 1 N–H and O–H groups in total. The van der Waals surface area contributed by atoms with Gasteiger partial charge in [0.05, 0.1) is 10.7 Å². The number of hydrogen-bond donors (Lipinski definition) is 1. The molecule has 0 spiro atoms. The smallest absolute Gasteiger partial charge is 0.154 e. The average Bonchev–Trinajstić information content (AvgIpc) is 2.55. The van der Waals surface area contributed by atoms with Crippen LogP contribution in [-0.2, 0) is 6.61 Å². The second kappa shape index (κ2) is 6.71. The SMILES string of the molecule is Cc1ccc(-c2c(C)nc(CO)nc2-c2ccc(C)cc2Cl)cc1. The molecule has 0 aliphatic rings. The molecule has 0 amide bonds. The number of benzene rings is 2. The normalized spacial score (nSPS) is 10.9. The van der Waals surface area contributed by atoms with E-state index < -0.39 is 0 Å². The molecule has 1 aromatic heterocycles. The van der Waals surface area contributed by atoms with Crippen LogP contribution in [0.15, 0.2) is 42.5 Å². The Labute approximate surface area is 147 Å². The van der Waals surface area contributed by atoms with Gasteiger partial charge in [-0.2, -0.15) is 0 Å². The second-order valence-electron chi connectivity index (χ2n) is 5.96. The Balaban J connectivity index is 2.30. The van der Waals surface area contributed by atoms with Crippen LogP contribution in [0.2, 0.25) is 5.02 Å². The lowest BCUT2D eigenvalue weighted by Crippen LogP contribution is -2.03. The van der Waals surface area contributed by atoms with Crippen molar-refractivity contribution in [1.82, 2.24) is 9.97 Å². The lowest BCUT2D eigenvalue weighted by Gasteiger charge is -2.15. The van der Waals surface area contributed by atoms with Gasteiger partial charge in [-0.05, 0) is 38.0 Å². The van der Waals surface area contributed by atoms with Gasteiger partial charge in [-0.3, -0.25) is 0 Å². The molecule has 0 radical (unpaired) electrons. The van der Waals surface area contributed by atoms with Crippen LogP contribution in [0.5, 0.6) is 0 Å². The van der Waals surface area contributed by atoms with Crippen molar-refractivity contribution < 1.29 is 5.11 Å². The van der Waals surface area contributed by atoms with E-state index in [2.05, 4.69) is 41.2 Å².